The van der Waals surface area contributed by atoms with Crippen molar-refractivity contribution in [2.45, 2.75) is 20.0 Å². The normalized spacial score (nSPS) is 12.3. The molecule has 112 valence electrons. The molecule has 0 saturated carbocycles. The van der Waals surface area contributed by atoms with Crippen molar-refractivity contribution >= 4 is 31.9 Å². The molecule has 0 amide bonds. The number of ether oxygens (including phenoxy) is 1. The Labute approximate surface area is 140 Å². The number of aliphatic hydroxyl groups excluding tert-OH is 1. The summed E-state index contributed by atoms with van der Waals surface area (Å²) in [7, 11) is 1.55. The predicted molar refractivity (Wildman–Crippen MR) is 88.3 cm³/mol. The van der Waals surface area contributed by atoms with Gasteiger partial charge in [-0.05, 0) is 43.2 Å². The number of rotatable bonds is 3. The zero-order valence-electron chi connectivity index (χ0n) is 11.9. The van der Waals surface area contributed by atoms with Gasteiger partial charge in [-0.2, -0.15) is 0 Å². The average molecular weight is 418 g/mol. The fraction of sp³-hybridized carbons (Fsp3) is 0.250. The van der Waals surface area contributed by atoms with Gasteiger partial charge in [-0.3, -0.25) is 0 Å². The minimum absolute atomic E-state index is 0.220. The molecule has 2 nitrogen and oxygen atoms in total. The second-order valence-corrected chi connectivity index (χ2v) is 6.59. The zero-order valence-corrected chi connectivity index (χ0v) is 15.0. The summed E-state index contributed by atoms with van der Waals surface area (Å²) in [5, 5.41) is 10.6. The van der Waals surface area contributed by atoms with Crippen LogP contribution in [0.1, 0.15) is 28.4 Å². The van der Waals surface area contributed by atoms with E-state index >= 15 is 0 Å². The van der Waals surface area contributed by atoms with Gasteiger partial charge in [0.2, 0.25) is 0 Å². The van der Waals surface area contributed by atoms with Crippen molar-refractivity contribution in [2.24, 2.45) is 0 Å². The molecule has 0 aromatic heterocycles. The second kappa shape index (κ2) is 6.46. The molecule has 0 fully saturated rings. The molecule has 21 heavy (non-hydrogen) atoms. The summed E-state index contributed by atoms with van der Waals surface area (Å²) in [6.07, 6.45) is -1.09. The molecule has 2 aromatic rings. The van der Waals surface area contributed by atoms with Gasteiger partial charge >= 0.3 is 0 Å². The van der Waals surface area contributed by atoms with E-state index in [9.17, 15) is 9.50 Å². The topological polar surface area (TPSA) is 29.5 Å². The molecule has 0 spiro atoms. The summed E-state index contributed by atoms with van der Waals surface area (Å²) in [5.74, 6) is 0.112. The van der Waals surface area contributed by atoms with Crippen molar-refractivity contribution < 1.29 is 14.2 Å². The first kappa shape index (κ1) is 16.5. The van der Waals surface area contributed by atoms with Crippen molar-refractivity contribution in [1.29, 1.82) is 0 Å². The summed E-state index contributed by atoms with van der Waals surface area (Å²) in [6.45, 7) is 3.75. The standard InChI is InChI=1S/C16H15Br2FO2/c1-8-6-12(18)9(2)14(16(8)21-3)15(20)11-5-4-10(17)7-13(11)19/h4-7,15,20H,1-3H3. The molecule has 1 unspecified atom stereocenters. The van der Waals surface area contributed by atoms with Crippen LogP contribution in [-0.4, -0.2) is 12.2 Å². The minimum Gasteiger partial charge on any atom is -0.496 e. The highest BCUT2D eigenvalue weighted by atomic mass is 79.9. The maximum atomic E-state index is 14.1. The third-order valence-corrected chi connectivity index (χ3v) is 4.76. The summed E-state index contributed by atoms with van der Waals surface area (Å²) in [5.41, 5.74) is 2.50. The van der Waals surface area contributed by atoms with E-state index in [1.807, 2.05) is 19.9 Å². The highest BCUT2D eigenvalue weighted by Crippen LogP contribution is 2.39. The average Bonchev–Trinajstić information content (AvgIpc) is 2.41. The molecule has 2 rings (SSSR count). The Morgan fingerprint density at radius 3 is 2.43 bits per heavy atom. The lowest BCUT2D eigenvalue weighted by Gasteiger charge is -2.21. The van der Waals surface area contributed by atoms with Gasteiger partial charge in [-0.1, -0.05) is 37.9 Å². The van der Waals surface area contributed by atoms with Crippen LogP contribution in [-0.2, 0) is 0 Å². The largest absolute Gasteiger partial charge is 0.496 e. The zero-order chi connectivity index (χ0) is 15.7. The fourth-order valence-electron chi connectivity index (χ4n) is 2.35. The number of halogens is 3. The van der Waals surface area contributed by atoms with Crippen molar-refractivity contribution in [3.05, 3.63) is 61.3 Å². The van der Waals surface area contributed by atoms with Crippen LogP contribution >= 0.6 is 31.9 Å². The lowest BCUT2D eigenvalue weighted by molar-refractivity contribution is 0.208. The Bertz CT molecular complexity index is 686. The highest BCUT2D eigenvalue weighted by molar-refractivity contribution is 9.10. The monoisotopic (exact) mass is 416 g/mol. The molecule has 0 aliphatic rings. The molecular formula is C16H15Br2FO2. The van der Waals surface area contributed by atoms with Gasteiger partial charge in [0.15, 0.2) is 0 Å². The number of aliphatic hydroxyl groups is 1. The van der Waals surface area contributed by atoms with Crippen LogP contribution in [0.4, 0.5) is 4.39 Å². The molecule has 0 bridgehead atoms. The number of aryl methyl sites for hydroxylation is 1. The van der Waals surface area contributed by atoms with E-state index in [1.54, 1.807) is 19.2 Å². The second-order valence-electron chi connectivity index (χ2n) is 4.82. The number of hydrogen-bond donors (Lipinski definition) is 1. The third kappa shape index (κ3) is 3.15. The molecular weight excluding hydrogens is 403 g/mol. The Balaban J connectivity index is 2.65. The van der Waals surface area contributed by atoms with Crippen LogP contribution in [0.2, 0.25) is 0 Å². The van der Waals surface area contributed by atoms with Crippen LogP contribution in [0.25, 0.3) is 0 Å². The van der Waals surface area contributed by atoms with Gasteiger partial charge in [0.25, 0.3) is 0 Å². The highest BCUT2D eigenvalue weighted by Gasteiger charge is 2.23. The van der Waals surface area contributed by atoms with Gasteiger partial charge in [0, 0.05) is 20.1 Å². The van der Waals surface area contributed by atoms with Crippen molar-refractivity contribution in [3.63, 3.8) is 0 Å². The van der Waals surface area contributed by atoms with Gasteiger partial charge in [0.1, 0.15) is 17.7 Å². The first-order chi connectivity index (χ1) is 9.86. The van der Waals surface area contributed by atoms with Crippen LogP contribution in [0, 0.1) is 19.7 Å². The van der Waals surface area contributed by atoms with Crippen LogP contribution in [0.3, 0.4) is 0 Å². The van der Waals surface area contributed by atoms with E-state index in [2.05, 4.69) is 31.9 Å². The van der Waals surface area contributed by atoms with Crippen molar-refractivity contribution in [1.82, 2.24) is 0 Å². The molecule has 2 aromatic carbocycles. The SMILES string of the molecule is COc1c(C)cc(Br)c(C)c1C(O)c1ccc(Br)cc1F. The molecule has 0 heterocycles. The quantitative estimate of drug-likeness (QED) is 0.756. The van der Waals surface area contributed by atoms with Crippen LogP contribution in [0.5, 0.6) is 5.75 Å². The van der Waals surface area contributed by atoms with E-state index in [1.165, 1.54) is 6.07 Å². The van der Waals surface area contributed by atoms with Crippen molar-refractivity contribution in [2.75, 3.05) is 7.11 Å². The lowest BCUT2D eigenvalue weighted by Crippen LogP contribution is -2.08. The number of hydrogen-bond acceptors (Lipinski definition) is 2. The smallest absolute Gasteiger partial charge is 0.130 e. The summed E-state index contributed by atoms with van der Waals surface area (Å²) >= 11 is 6.68. The Morgan fingerprint density at radius 1 is 1.19 bits per heavy atom. The van der Waals surface area contributed by atoms with E-state index in [4.69, 9.17) is 4.74 Å². The van der Waals surface area contributed by atoms with Crippen molar-refractivity contribution in [3.8, 4) is 5.75 Å². The predicted octanol–water partition coefficient (Wildman–Crippen LogP) is 5.06. The van der Waals surface area contributed by atoms with E-state index in [0.29, 0.717) is 15.8 Å². The van der Waals surface area contributed by atoms with Crippen LogP contribution in [0.15, 0.2) is 33.2 Å². The van der Waals surface area contributed by atoms with E-state index < -0.39 is 11.9 Å². The summed E-state index contributed by atoms with van der Waals surface area (Å²) < 4.78 is 21.0. The van der Waals surface area contributed by atoms with Crippen LogP contribution < -0.4 is 4.74 Å². The Kier molecular flexibility index (Phi) is 5.07. The van der Waals surface area contributed by atoms with E-state index in [0.717, 1.165) is 15.6 Å². The van der Waals surface area contributed by atoms with Gasteiger partial charge in [0.05, 0.1) is 7.11 Å². The molecule has 1 N–H and O–H groups in total. The Morgan fingerprint density at radius 2 is 1.86 bits per heavy atom. The lowest BCUT2D eigenvalue weighted by atomic mass is 9.94. The minimum atomic E-state index is -1.09. The van der Waals surface area contributed by atoms with Gasteiger partial charge < -0.3 is 9.84 Å². The molecule has 0 saturated heterocycles. The third-order valence-electron chi connectivity index (χ3n) is 3.44. The van der Waals surface area contributed by atoms with Gasteiger partial charge in [-0.25, -0.2) is 4.39 Å². The maximum absolute atomic E-state index is 14.1. The fourth-order valence-corrected chi connectivity index (χ4v) is 3.24. The first-order valence-electron chi connectivity index (χ1n) is 6.33. The maximum Gasteiger partial charge on any atom is 0.130 e. The summed E-state index contributed by atoms with van der Waals surface area (Å²) in [4.78, 5) is 0. The van der Waals surface area contributed by atoms with E-state index in [-0.39, 0.29) is 5.56 Å². The first-order valence-corrected chi connectivity index (χ1v) is 7.92. The molecule has 5 heteroatoms. The number of methoxy groups -OCH3 is 1. The molecule has 0 aliphatic heterocycles. The molecule has 0 aliphatic carbocycles. The van der Waals surface area contributed by atoms with Gasteiger partial charge in [-0.15, -0.1) is 0 Å². The molecule has 0 radical (unpaired) electrons. The Hall–Kier alpha value is -0.910. The molecule has 1 atom stereocenters. The number of benzene rings is 2. The summed E-state index contributed by atoms with van der Waals surface area (Å²) in [6, 6.07) is 6.53.